The molecule has 0 saturated carbocycles. The van der Waals surface area contributed by atoms with Crippen LogP contribution in [-0.4, -0.2) is 18.0 Å². The number of rotatable bonds is 7. The Bertz CT molecular complexity index is 935. The molecule has 0 aliphatic heterocycles. The molecule has 3 aromatic rings. The van der Waals surface area contributed by atoms with E-state index in [-0.39, 0.29) is 0 Å². The monoisotopic (exact) mass is 349 g/mol. The lowest BCUT2D eigenvalue weighted by Crippen LogP contribution is -2.01. The molecule has 0 bridgehead atoms. The molecule has 0 aliphatic rings. The second-order valence-corrected chi connectivity index (χ2v) is 6.38. The van der Waals surface area contributed by atoms with Crippen LogP contribution in [0.25, 0.3) is 10.9 Å². The van der Waals surface area contributed by atoms with Gasteiger partial charge in [-0.25, -0.2) is 0 Å². The summed E-state index contributed by atoms with van der Waals surface area (Å²) in [4.78, 5) is 11.6. The summed E-state index contributed by atoms with van der Waals surface area (Å²) < 4.78 is 13.6. The molecule has 3 rings (SSSR count). The van der Waals surface area contributed by atoms with E-state index in [1.165, 1.54) is 5.57 Å². The number of nitrogens with zero attached hydrogens (tertiary/aromatic N) is 1. The average Bonchev–Trinajstić information content (AvgIpc) is 3.03. The highest BCUT2D eigenvalue weighted by Gasteiger charge is 2.16. The topological polar surface area (TPSA) is 40.5 Å². The highest BCUT2D eigenvalue weighted by molar-refractivity contribution is 5.94. The van der Waals surface area contributed by atoms with Crippen molar-refractivity contribution in [2.75, 3.05) is 7.11 Å². The molecular weight excluding hydrogens is 326 g/mol. The van der Waals surface area contributed by atoms with E-state index in [1.54, 1.807) is 7.11 Å². The molecule has 0 radical (unpaired) electrons. The highest BCUT2D eigenvalue weighted by Crippen LogP contribution is 2.37. The minimum absolute atomic E-state index is 0.436. The number of ether oxygens (including phenoxy) is 2. The van der Waals surface area contributed by atoms with Gasteiger partial charge in [-0.3, -0.25) is 4.79 Å². The molecule has 26 heavy (non-hydrogen) atoms. The van der Waals surface area contributed by atoms with Crippen molar-refractivity contribution < 1.29 is 14.3 Å². The van der Waals surface area contributed by atoms with Gasteiger partial charge in [-0.2, -0.15) is 0 Å². The number of aldehydes is 1. The molecule has 1 aromatic heterocycles. The third-order valence-electron chi connectivity index (χ3n) is 4.28. The zero-order chi connectivity index (χ0) is 18.5. The van der Waals surface area contributed by atoms with Crippen molar-refractivity contribution >= 4 is 17.2 Å². The van der Waals surface area contributed by atoms with Crippen LogP contribution >= 0.6 is 0 Å². The smallest absolute Gasteiger partial charge is 0.171 e. The van der Waals surface area contributed by atoms with Gasteiger partial charge >= 0.3 is 0 Å². The third-order valence-corrected chi connectivity index (χ3v) is 4.28. The Morgan fingerprint density at radius 1 is 1.12 bits per heavy atom. The van der Waals surface area contributed by atoms with Crippen LogP contribution in [-0.2, 0) is 13.2 Å². The third kappa shape index (κ3) is 3.64. The first-order valence-electron chi connectivity index (χ1n) is 8.59. The van der Waals surface area contributed by atoms with E-state index in [4.69, 9.17) is 9.47 Å². The Hall–Kier alpha value is -3.01. The highest BCUT2D eigenvalue weighted by atomic mass is 16.5. The predicted octanol–water partition coefficient (Wildman–Crippen LogP) is 5.01. The van der Waals surface area contributed by atoms with Gasteiger partial charge in [0.15, 0.2) is 17.8 Å². The second kappa shape index (κ2) is 7.91. The van der Waals surface area contributed by atoms with Crippen molar-refractivity contribution in [3.05, 3.63) is 71.4 Å². The summed E-state index contributed by atoms with van der Waals surface area (Å²) in [5, 5.41) is 0.879. The fourth-order valence-electron chi connectivity index (χ4n) is 2.92. The van der Waals surface area contributed by atoms with Gasteiger partial charge in [-0.15, -0.1) is 0 Å². The van der Waals surface area contributed by atoms with Gasteiger partial charge in [-0.1, -0.05) is 42.0 Å². The normalized spacial score (nSPS) is 10.6. The molecule has 2 aromatic carbocycles. The van der Waals surface area contributed by atoms with E-state index in [9.17, 15) is 4.79 Å². The van der Waals surface area contributed by atoms with Gasteiger partial charge < -0.3 is 14.0 Å². The minimum atomic E-state index is 0.436. The molecule has 0 spiro atoms. The van der Waals surface area contributed by atoms with E-state index in [1.807, 2.05) is 66.9 Å². The van der Waals surface area contributed by atoms with Gasteiger partial charge in [-0.05, 0) is 37.6 Å². The van der Waals surface area contributed by atoms with E-state index in [0.717, 1.165) is 22.8 Å². The number of fused-ring (bicyclic) bond motifs is 1. The number of allylic oxidation sites excluding steroid dienone is 2. The summed E-state index contributed by atoms with van der Waals surface area (Å²) in [5.74, 6) is 1.32. The lowest BCUT2D eigenvalue weighted by molar-refractivity contribution is 0.111. The predicted molar refractivity (Wildman–Crippen MR) is 104 cm³/mol. The lowest BCUT2D eigenvalue weighted by Gasteiger charge is -2.13. The summed E-state index contributed by atoms with van der Waals surface area (Å²) in [6, 6.07) is 15.7. The SMILES string of the molecule is COc1ccc2c(cc(C=O)n2CC=C(C)C)c1OCc1ccccc1. The van der Waals surface area contributed by atoms with Gasteiger partial charge in [0.05, 0.1) is 18.3 Å². The number of benzene rings is 2. The van der Waals surface area contributed by atoms with Crippen molar-refractivity contribution in [2.24, 2.45) is 0 Å². The summed E-state index contributed by atoms with van der Waals surface area (Å²) in [7, 11) is 1.62. The van der Waals surface area contributed by atoms with Crippen LogP contribution in [0.1, 0.15) is 29.9 Å². The Kier molecular flexibility index (Phi) is 5.42. The quantitative estimate of drug-likeness (QED) is 0.445. The Morgan fingerprint density at radius 2 is 1.88 bits per heavy atom. The molecule has 0 fully saturated rings. The van der Waals surface area contributed by atoms with Crippen LogP contribution in [0.3, 0.4) is 0 Å². The molecule has 4 heteroatoms. The maximum Gasteiger partial charge on any atom is 0.171 e. The van der Waals surface area contributed by atoms with Crippen molar-refractivity contribution in [3.63, 3.8) is 0 Å². The molecule has 0 atom stereocenters. The number of carbonyl (C=O) groups excluding carboxylic acids is 1. The first-order chi connectivity index (χ1) is 12.6. The molecule has 0 saturated heterocycles. The van der Waals surface area contributed by atoms with Gasteiger partial charge in [0.25, 0.3) is 0 Å². The fraction of sp³-hybridized carbons (Fsp3) is 0.227. The van der Waals surface area contributed by atoms with Crippen LogP contribution in [0, 0.1) is 0 Å². The zero-order valence-electron chi connectivity index (χ0n) is 15.4. The molecule has 1 heterocycles. The number of methoxy groups -OCH3 is 1. The lowest BCUT2D eigenvalue weighted by atomic mass is 10.2. The van der Waals surface area contributed by atoms with Gasteiger partial charge in [0, 0.05) is 11.9 Å². The largest absolute Gasteiger partial charge is 0.493 e. The van der Waals surface area contributed by atoms with Crippen LogP contribution in [0.4, 0.5) is 0 Å². The van der Waals surface area contributed by atoms with Gasteiger partial charge in [0.1, 0.15) is 6.61 Å². The van der Waals surface area contributed by atoms with Crippen LogP contribution in [0.2, 0.25) is 0 Å². The second-order valence-electron chi connectivity index (χ2n) is 6.38. The molecule has 0 N–H and O–H groups in total. The fourth-order valence-corrected chi connectivity index (χ4v) is 2.92. The molecular formula is C22H23NO3. The van der Waals surface area contributed by atoms with Crippen LogP contribution in [0.15, 0.2) is 60.2 Å². The van der Waals surface area contributed by atoms with Gasteiger partial charge in [0.2, 0.25) is 0 Å². The van der Waals surface area contributed by atoms with E-state index >= 15 is 0 Å². The average molecular weight is 349 g/mol. The van der Waals surface area contributed by atoms with E-state index < -0.39 is 0 Å². The Morgan fingerprint density at radius 3 is 2.54 bits per heavy atom. The number of hydrogen-bond acceptors (Lipinski definition) is 3. The number of carbonyl (C=O) groups is 1. The zero-order valence-corrected chi connectivity index (χ0v) is 15.4. The summed E-state index contributed by atoms with van der Waals surface area (Å²) >= 11 is 0. The van der Waals surface area contributed by atoms with Crippen molar-refractivity contribution in [1.29, 1.82) is 0 Å². The summed E-state index contributed by atoms with van der Waals surface area (Å²) in [5.41, 5.74) is 3.85. The molecule has 134 valence electrons. The standard InChI is InChI=1S/C22H23NO3/c1-16(2)11-12-23-18(14-24)13-19-20(23)9-10-21(25-3)22(19)26-15-17-7-5-4-6-8-17/h4-11,13-14H,12,15H2,1-3H3. The number of hydrogen-bond donors (Lipinski definition) is 0. The van der Waals surface area contributed by atoms with E-state index in [2.05, 4.69) is 6.08 Å². The Labute approximate surface area is 153 Å². The number of aromatic nitrogens is 1. The molecule has 0 aliphatic carbocycles. The summed E-state index contributed by atoms with van der Waals surface area (Å²) in [6.45, 7) is 5.17. The molecule has 0 amide bonds. The maximum absolute atomic E-state index is 11.6. The van der Waals surface area contributed by atoms with Crippen molar-refractivity contribution in [3.8, 4) is 11.5 Å². The van der Waals surface area contributed by atoms with E-state index in [0.29, 0.717) is 30.3 Å². The van der Waals surface area contributed by atoms with Crippen molar-refractivity contribution in [1.82, 2.24) is 4.57 Å². The van der Waals surface area contributed by atoms with Crippen molar-refractivity contribution in [2.45, 2.75) is 27.0 Å². The van der Waals surface area contributed by atoms with Crippen LogP contribution < -0.4 is 9.47 Å². The minimum Gasteiger partial charge on any atom is -0.493 e. The maximum atomic E-state index is 11.6. The first-order valence-corrected chi connectivity index (χ1v) is 8.59. The molecule has 4 nitrogen and oxygen atoms in total. The Balaban J connectivity index is 2.05. The first kappa shape index (κ1) is 17.8. The summed E-state index contributed by atoms with van der Waals surface area (Å²) in [6.07, 6.45) is 2.98. The molecule has 0 unspecified atom stereocenters. The van der Waals surface area contributed by atoms with Crippen LogP contribution in [0.5, 0.6) is 11.5 Å².